The van der Waals surface area contributed by atoms with Crippen molar-refractivity contribution in [3.63, 3.8) is 0 Å². The van der Waals surface area contributed by atoms with Gasteiger partial charge in [0.25, 0.3) is 0 Å². The number of hydrogen-bond acceptors (Lipinski definition) is 6. The van der Waals surface area contributed by atoms with Gasteiger partial charge in [-0.05, 0) is 60.4 Å². The molecule has 0 saturated heterocycles. The maximum atomic E-state index is 11.2. The van der Waals surface area contributed by atoms with Crippen molar-refractivity contribution in [3.05, 3.63) is 42.5 Å². The van der Waals surface area contributed by atoms with Crippen LogP contribution in [-0.4, -0.2) is 67.0 Å². The summed E-state index contributed by atoms with van der Waals surface area (Å²) in [4.78, 5) is 0. The van der Waals surface area contributed by atoms with Crippen molar-refractivity contribution in [2.45, 2.75) is 116 Å². The predicted octanol–water partition coefficient (Wildman–Crippen LogP) is 7.34. The fourth-order valence-electron chi connectivity index (χ4n) is 3.30. The number of ether oxygens (including phenoxy) is 3. The Kier molecular flexibility index (Phi) is 14.9. The first-order chi connectivity index (χ1) is 18.4. The summed E-state index contributed by atoms with van der Waals surface area (Å²) in [7, 11) is -2.30. The summed E-state index contributed by atoms with van der Waals surface area (Å²) in [6.45, 7) is 28.0. The van der Waals surface area contributed by atoms with Crippen molar-refractivity contribution in [1.82, 2.24) is 0 Å². The molecule has 1 aromatic carbocycles. The van der Waals surface area contributed by atoms with Crippen LogP contribution in [-0.2, 0) is 24.9 Å². The van der Waals surface area contributed by atoms with E-state index in [4.69, 9.17) is 23.1 Å². The standard InChI is InChI=1S/C32H56O6Si2/c1-13-29(38-40(11,12)32(5,6)7)30(36-23-16-24-37-39(9,10)31(2,3)4)28(33)17-14-15-22-35-25-26-18-20-27(34-8)21-19-26/h13,18-21,28-30,33H,1,16-17,22-25H2,2-12H3/t28-,29-,30-/m1/s1. The van der Waals surface area contributed by atoms with Crippen LogP contribution in [0.25, 0.3) is 0 Å². The average Bonchev–Trinajstić information content (AvgIpc) is 2.85. The molecule has 0 aromatic heterocycles. The molecule has 3 atom stereocenters. The van der Waals surface area contributed by atoms with Crippen molar-refractivity contribution < 1.29 is 28.2 Å². The highest BCUT2D eigenvalue weighted by molar-refractivity contribution is 6.74. The van der Waals surface area contributed by atoms with Crippen molar-refractivity contribution in [2.24, 2.45) is 0 Å². The maximum Gasteiger partial charge on any atom is 0.193 e. The van der Waals surface area contributed by atoms with E-state index in [0.29, 0.717) is 19.8 Å². The van der Waals surface area contributed by atoms with Crippen molar-refractivity contribution >= 4 is 16.6 Å². The number of methoxy groups -OCH3 is 1. The minimum absolute atomic E-state index is 0.0157. The molecule has 228 valence electrons. The second-order valence-corrected chi connectivity index (χ2v) is 22.9. The molecule has 0 fully saturated rings. The molecule has 0 amide bonds. The number of rotatable bonds is 16. The fourth-order valence-corrected chi connectivity index (χ4v) is 5.65. The molecule has 0 aliphatic rings. The van der Waals surface area contributed by atoms with Gasteiger partial charge in [0.1, 0.15) is 18.5 Å². The lowest BCUT2D eigenvalue weighted by Gasteiger charge is -2.41. The van der Waals surface area contributed by atoms with Crippen LogP contribution >= 0.6 is 0 Å². The summed E-state index contributed by atoms with van der Waals surface area (Å²) < 4.78 is 30.1. The Hall–Kier alpha value is -1.45. The second kappa shape index (κ2) is 16.3. The van der Waals surface area contributed by atoms with Crippen LogP contribution in [0.2, 0.25) is 36.3 Å². The lowest BCUT2D eigenvalue weighted by atomic mass is 10.1. The topological polar surface area (TPSA) is 66.4 Å². The van der Waals surface area contributed by atoms with Gasteiger partial charge in [0.05, 0.1) is 25.9 Å². The third-order valence-electron chi connectivity index (χ3n) is 8.08. The van der Waals surface area contributed by atoms with E-state index in [1.807, 2.05) is 24.3 Å². The second-order valence-electron chi connectivity index (χ2n) is 13.3. The van der Waals surface area contributed by atoms with Crippen LogP contribution in [0.1, 0.15) is 59.9 Å². The van der Waals surface area contributed by atoms with E-state index in [1.165, 1.54) is 0 Å². The Morgan fingerprint density at radius 2 is 1.52 bits per heavy atom. The number of aliphatic hydroxyl groups is 1. The van der Waals surface area contributed by atoms with Crippen LogP contribution in [0, 0.1) is 11.8 Å². The van der Waals surface area contributed by atoms with Gasteiger partial charge in [0.2, 0.25) is 0 Å². The third kappa shape index (κ3) is 12.2. The van der Waals surface area contributed by atoms with Crippen LogP contribution in [0.5, 0.6) is 5.75 Å². The molecule has 6 nitrogen and oxygen atoms in total. The Morgan fingerprint density at radius 3 is 2.05 bits per heavy atom. The van der Waals surface area contributed by atoms with Gasteiger partial charge in [-0.1, -0.05) is 71.6 Å². The molecule has 0 saturated carbocycles. The first kappa shape index (κ1) is 36.6. The highest BCUT2D eigenvalue weighted by Gasteiger charge is 2.41. The van der Waals surface area contributed by atoms with Crippen molar-refractivity contribution in [3.8, 4) is 17.6 Å². The summed E-state index contributed by atoms with van der Waals surface area (Å²) >= 11 is 0. The molecule has 1 aromatic rings. The SMILES string of the molecule is C=C[C@@H](O[Si](C)(C)C(C)(C)C)[C@H](OCCCO[Si](C)(C)C(C)(C)C)[C@H](O)CC#CCOCc1ccc(OC)cc1. The molecular formula is C32H56O6Si2. The number of hydrogen-bond donors (Lipinski definition) is 1. The van der Waals surface area contributed by atoms with Crippen LogP contribution in [0.3, 0.4) is 0 Å². The number of benzene rings is 1. The number of aliphatic hydroxyl groups excluding tert-OH is 1. The first-order valence-electron chi connectivity index (χ1n) is 14.4. The fraction of sp³-hybridized carbons (Fsp3) is 0.688. The molecule has 0 spiro atoms. The van der Waals surface area contributed by atoms with Gasteiger partial charge in [-0.15, -0.1) is 6.58 Å². The van der Waals surface area contributed by atoms with Gasteiger partial charge >= 0.3 is 0 Å². The zero-order chi connectivity index (χ0) is 30.6. The molecule has 0 heterocycles. The van der Waals surface area contributed by atoms with Gasteiger partial charge < -0.3 is 28.2 Å². The zero-order valence-corrected chi connectivity index (χ0v) is 29.1. The molecule has 0 aliphatic heterocycles. The van der Waals surface area contributed by atoms with Gasteiger partial charge in [0.15, 0.2) is 16.6 Å². The molecule has 40 heavy (non-hydrogen) atoms. The van der Waals surface area contributed by atoms with E-state index in [1.54, 1.807) is 13.2 Å². The Morgan fingerprint density at radius 1 is 0.925 bits per heavy atom. The monoisotopic (exact) mass is 592 g/mol. The Balaban J connectivity index is 2.78. The average molecular weight is 593 g/mol. The van der Waals surface area contributed by atoms with Gasteiger partial charge in [-0.2, -0.15) is 0 Å². The normalized spacial score (nSPS) is 15.1. The van der Waals surface area contributed by atoms with E-state index >= 15 is 0 Å². The Labute approximate surface area is 247 Å². The molecule has 0 aliphatic carbocycles. The largest absolute Gasteiger partial charge is 0.497 e. The van der Waals surface area contributed by atoms with Crippen LogP contribution in [0.15, 0.2) is 36.9 Å². The van der Waals surface area contributed by atoms with E-state index in [-0.39, 0.29) is 23.1 Å². The minimum Gasteiger partial charge on any atom is -0.497 e. The summed E-state index contributed by atoms with van der Waals surface area (Å²) in [6, 6.07) is 7.74. The first-order valence-corrected chi connectivity index (χ1v) is 20.2. The Bertz CT molecular complexity index is 935. The maximum absolute atomic E-state index is 11.2. The quantitative estimate of drug-likeness (QED) is 0.0938. The van der Waals surface area contributed by atoms with E-state index in [9.17, 15) is 5.11 Å². The lowest BCUT2D eigenvalue weighted by Crippen LogP contribution is -2.50. The van der Waals surface area contributed by atoms with Crippen molar-refractivity contribution in [1.29, 1.82) is 0 Å². The molecule has 0 unspecified atom stereocenters. The molecule has 8 heteroatoms. The summed E-state index contributed by atoms with van der Waals surface area (Å²) in [6.07, 6.45) is 0.904. The molecule has 1 N–H and O–H groups in total. The van der Waals surface area contributed by atoms with E-state index in [0.717, 1.165) is 17.7 Å². The predicted molar refractivity (Wildman–Crippen MR) is 171 cm³/mol. The van der Waals surface area contributed by atoms with Crippen molar-refractivity contribution in [2.75, 3.05) is 26.9 Å². The molecular weight excluding hydrogens is 537 g/mol. The van der Waals surface area contributed by atoms with Gasteiger partial charge in [-0.3, -0.25) is 0 Å². The smallest absolute Gasteiger partial charge is 0.193 e. The zero-order valence-electron chi connectivity index (χ0n) is 27.1. The van der Waals surface area contributed by atoms with E-state index in [2.05, 4.69) is 86.2 Å². The summed E-state index contributed by atoms with van der Waals surface area (Å²) in [5, 5.41) is 11.3. The van der Waals surface area contributed by atoms with Crippen LogP contribution < -0.4 is 4.74 Å². The van der Waals surface area contributed by atoms with E-state index < -0.39 is 34.9 Å². The molecule has 1 rings (SSSR count). The molecule has 0 radical (unpaired) electrons. The highest BCUT2D eigenvalue weighted by Crippen LogP contribution is 2.38. The lowest BCUT2D eigenvalue weighted by molar-refractivity contribution is -0.0816. The minimum atomic E-state index is -2.13. The van der Waals surface area contributed by atoms with Gasteiger partial charge in [-0.25, -0.2) is 0 Å². The summed E-state index contributed by atoms with van der Waals surface area (Å²) in [5.41, 5.74) is 1.05. The third-order valence-corrected chi connectivity index (χ3v) is 17.1. The molecule has 0 bridgehead atoms. The van der Waals surface area contributed by atoms with Gasteiger partial charge in [0, 0.05) is 19.6 Å². The highest BCUT2D eigenvalue weighted by atomic mass is 28.4. The van der Waals surface area contributed by atoms with Crippen LogP contribution in [0.4, 0.5) is 0 Å². The summed E-state index contributed by atoms with van der Waals surface area (Å²) in [5.74, 6) is 6.89.